The van der Waals surface area contributed by atoms with Gasteiger partial charge in [-0.05, 0) is 39.7 Å². The molecule has 0 radical (unpaired) electrons. The van der Waals surface area contributed by atoms with Gasteiger partial charge in [0.15, 0.2) is 0 Å². The van der Waals surface area contributed by atoms with Crippen molar-refractivity contribution < 1.29 is 5.11 Å². The second-order valence-electron chi connectivity index (χ2n) is 4.54. The minimum absolute atomic E-state index is 0.342. The number of nitrogens with zero attached hydrogens (tertiary/aromatic N) is 2. The quantitative estimate of drug-likeness (QED) is 0.698. The van der Waals surface area contributed by atoms with Crippen molar-refractivity contribution >= 4 is 0 Å². The van der Waals surface area contributed by atoms with Crippen LogP contribution in [0.1, 0.15) is 33.1 Å². The summed E-state index contributed by atoms with van der Waals surface area (Å²) >= 11 is 0. The maximum absolute atomic E-state index is 8.70. The molecule has 0 spiro atoms. The van der Waals surface area contributed by atoms with Gasteiger partial charge in [0, 0.05) is 38.5 Å². The Morgan fingerprint density at radius 3 is 2.38 bits per heavy atom. The molecule has 3 nitrogen and oxygen atoms in total. The Bertz CT molecular complexity index is 208. The van der Waals surface area contributed by atoms with Crippen LogP contribution in [0.5, 0.6) is 0 Å². The third-order valence-corrected chi connectivity index (χ3v) is 3.42. The average molecular weight is 226 g/mol. The minimum atomic E-state index is 0.342. The Hall–Kier alpha value is -0.540. The molecule has 1 aliphatic rings. The molecule has 1 saturated heterocycles. The zero-order valence-electron chi connectivity index (χ0n) is 10.8. The molecule has 0 aromatic heterocycles. The molecule has 0 bridgehead atoms. The van der Waals surface area contributed by atoms with E-state index in [1.165, 1.54) is 31.8 Å². The first kappa shape index (κ1) is 13.5. The standard InChI is InChI=1S/C13H26N2O/c1-3-13(2)15-10-8-14(9-11-15)7-5-4-6-12-16/h3,16H,4-12H2,1-2H3. The minimum Gasteiger partial charge on any atom is -0.396 e. The van der Waals surface area contributed by atoms with Crippen molar-refractivity contribution in [2.24, 2.45) is 0 Å². The van der Waals surface area contributed by atoms with Gasteiger partial charge in [-0.3, -0.25) is 4.90 Å². The molecule has 0 saturated carbocycles. The maximum atomic E-state index is 8.70. The summed E-state index contributed by atoms with van der Waals surface area (Å²) in [5.41, 5.74) is 1.40. The van der Waals surface area contributed by atoms with Crippen LogP contribution in [0.3, 0.4) is 0 Å². The van der Waals surface area contributed by atoms with Crippen molar-refractivity contribution in [2.75, 3.05) is 39.3 Å². The molecule has 1 N–H and O–H groups in total. The van der Waals surface area contributed by atoms with Crippen LogP contribution in [0.25, 0.3) is 0 Å². The molecule has 94 valence electrons. The highest BCUT2D eigenvalue weighted by Crippen LogP contribution is 2.09. The van der Waals surface area contributed by atoms with E-state index >= 15 is 0 Å². The summed E-state index contributed by atoms with van der Waals surface area (Å²) in [5.74, 6) is 0. The van der Waals surface area contributed by atoms with Crippen molar-refractivity contribution in [3.8, 4) is 0 Å². The molecule has 1 fully saturated rings. The summed E-state index contributed by atoms with van der Waals surface area (Å²) in [4.78, 5) is 5.00. The number of hydrogen-bond acceptors (Lipinski definition) is 3. The van der Waals surface area contributed by atoms with E-state index in [0.717, 1.165) is 25.9 Å². The number of rotatable bonds is 6. The van der Waals surface area contributed by atoms with Gasteiger partial charge in [0.2, 0.25) is 0 Å². The van der Waals surface area contributed by atoms with E-state index in [1.54, 1.807) is 0 Å². The first-order valence-corrected chi connectivity index (χ1v) is 6.49. The predicted molar refractivity (Wildman–Crippen MR) is 68.4 cm³/mol. The maximum Gasteiger partial charge on any atom is 0.0431 e. The first-order valence-electron chi connectivity index (χ1n) is 6.49. The van der Waals surface area contributed by atoms with Crippen molar-refractivity contribution in [2.45, 2.75) is 33.1 Å². The van der Waals surface area contributed by atoms with Gasteiger partial charge in [0.1, 0.15) is 0 Å². The zero-order valence-corrected chi connectivity index (χ0v) is 10.8. The fourth-order valence-corrected chi connectivity index (χ4v) is 2.13. The zero-order chi connectivity index (χ0) is 11.8. The molecule has 1 rings (SSSR count). The number of unbranched alkanes of at least 4 members (excludes halogenated alkanes) is 2. The van der Waals surface area contributed by atoms with Crippen LogP contribution in [0.15, 0.2) is 11.8 Å². The van der Waals surface area contributed by atoms with Crippen LogP contribution >= 0.6 is 0 Å². The van der Waals surface area contributed by atoms with Crippen LogP contribution in [0.4, 0.5) is 0 Å². The fraction of sp³-hybridized carbons (Fsp3) is 0.846. The smallest absolute Gasteiger partial charge is 0.0431 e. The lowest BCUT2D eigenvalue weighted by molar-refractivity contribution is 0.155. The SMILES string of the molecule is CC=C(C)N1CCN(CCCCCO)CC1. The third-order valence-electron chi connectivity index (χ3n) is 3.42. The van der Waals surface area contributed by atoms with Crippen LogP contribution < -0.4 is 0 Å². The van der Waals surface area contributed by atoms with Crippen molar-refractivity contribution in [3.63, 3.8) is 0 Å². The average Bonchev–Trinajstić information content (AvgIpc) is 2.34. The second-order valence-corrected chi connectivity index (χ2v) is 4.54. The van der Waals surface area contributed by atoms with Crippen molar-refractivity contribution in [3.05, 3.63) is 11.8 Å². The van der Waals surface area contributed by atoms with Gasteiger partial charge in [-0.25, -0.2) is 0 Å². The number of aliphatic hydroxyl groups is 1. The molecule has 0 aromatic carbocycles. The summed E-state index contributed by atoms with van der Waals surface area (Å²) in [7, 11) is 0. The number of allylic oxidation sites excluding steroid dienone is 2. The van der Waals surface area contributed by atoms with Gasteiger partial charge in [-0.15, -0.1) is 0 Å². The van der Waals surface area contributed by atoms with Gasteiger partial charge in [-0.1, -0.05) is 6.08 Å². The van der Waals surface area contributed by atoms with E-state index in [0.29, 0.717) is 6.61 Å². The van der Waals surface area contributed by atoms with E-state index < -0.39 is 0 Å². The monoisotopic (exact) mass is 226 g/mol. The Kier molecular flexibility index (Phi) is 6.50. The van der Waals surface area contributed by atoms with Gasteiger partial charge in [0.25, 0.3) is 0 Å². The summed E-state index contributed by atoms with van der Waals surface area (Å²) in [6, 6.07) is 0. The lowest BCUT2D eigenvalue weighted by atomic mass is 10.2. The van der Waals surface area contributed by atoms with E-state index in [4.69, 9.17) is 5.11 Å². The Morgan fingerprint density at radius 2 is 1.81 bits per heavy atom. The topological polar surface area (TPSA) is 26.7 Å². The van der Waals surface area contributed by atoms with Crippen LogP contribution in [0.2, 0.25) is 0 Å². The van der Waals surface area contributed by atoms with E-state index in [2.05, 4.69) is 29.7 Å². The van der Waals surface area contributed by atoms with Crippen LogP contribution in [-0.4, -0.2) is 54.2 Å². The fourth-order valence-electron chi connectivity index (χ4n) is 2.13. The number of aliphatic hydroxyl groups excluding tert-OH is 1. The van der Waals surface area contributed by atoms with Gasteiger partial charge >= 0.3 is 0 Å². The van der Waals surface area contributed by atoms with Gasteiger partial charge < -0.3 is 10.0 Å². The van der Waals surface area contributed by atoms with Crippen LogP contribution in [0, 0.1) is 0 Å². The summed E-state index contributed by atoms with van der Waals surface area (Å²) in [6.45, 7) is 10.5. The molecular formula is C13H26N2O. The molecule has 1 heterocycles. The highest BCUT2D eigenvalue weighted by Gasteiger charge is 2.15. The Morgan fingerprint density at radius 1 is 1.12 bits per heavy atom. The number of piperazine rings is 1. The molecule has 0 aliphatic carbocycles. The molecule has 1 aliphatic heterocycles. The van der Waals surface area contributed by atoms with E-state index in [9.17, 15) is 0 Å². The van der Waals surface area contributed by atoms with E-state index in [1.807, 2.05) is 0 Å². The summed E-state index contributed by atoms with van der Waals surface area (Å²) in [5, 5.41) is 8.70. The molecular weight excluding hydrogens is 200 g/mol. The van der Waals surface area contributed by atoms with Gasteiger partial charge in [0.05, 0.1) is 0 Å². The van der Waals surface area contributed by atoms with Crippen LogP contribution in [-0.2, 0) is 0 Å². The number of hydrogen-bond donors (Lipinski definition) is 1. The Balaban J connectivity index is 2.12. The van der Waals surface area contributed by atoms with Crippen molar-refractivity contribution in [1.82, 2.24) is 9.80 Å². The predicted octanol–water partition coefficient (Wildman–Crippen LogP) is 1.69. The molecule has 16 heavy (non-hydrogen) atoms. The molecule has 0 amide bonds. The van der Waals surface area contributed by atoms with Crippen molar-refractivity contribution in [1.29, 1.82) is 0 Å². The molecule has 3 heteroatoms. The third kappa shape index (κ3) is 4.54. The molecule has 0 unspecified atom stereocenters. The highest BCUT2D eigenvalue weighted by atomic mass is 16.2. The van der Waals surface area contributed by atoms with E-state index in [-0.39, 0.29) is 0 Å². The normalized spacial score (nSPS) is 19.2. The summed E-state index contributed by atoms with van der Waals surface area (Å²) in [6.07, 6.45) is 5.53. The Labute approximate surface area is 99.7 Å². The molecule has 0 aromatic rings. The van der Waals surface area contributed by atoms with Gasteiger partial charge in [-0.2, -0.15) is 0 Å². The lowest BCUT2D eigenvalue weighted by Gasteiger charge is -2.36. The summed E-state index contributed by atoms with van der Waals surface area (Å²) < 4.78 is 0. The first-order chi connectivity index (χ1) is 7.77. The lowest BCUT2D eigenvalue weighted by Crippen LogP contribution is -2.45. The largest absolute Gasteiger partial charge is 0.396 e. The highest BCUT2D eigenvalue weighted by molar-refractivity contribution is 4.97. The second kappa shape index (κ2) is 7.69. The molecule has 0 atom stereocenters.